The zero-order valence-corrected chi connectivity index (χ0v) is 17.8. The van der Waals surface area contributed by atoms with Crippen LogP contribution in [0.15, 0.2) is 24.3 Å². The number of aromatic nitrogens is 1. The van der Waals surface area contributed by atoms with Crippen LogP contribution >= 0.6 is 0 Å². The van der Waals surface area contributed by atoms with E-state index in [-0.39, 0.29) is 17.9 Å². The number of hydrogen-bond donors (Lipinski definition) is 0. The molecule has 0 N–H and O–H groups in total. The van der Waals surface area contributed by atoms with E-state index < -0.39 is 0 Å². The Morgan fingerprint density at radius 2 is 2.03 bits per heavy atom. The van der Waals surface area contributed by atoms with E-state index in [1.54, 1.807) is 7.11 Å². The lowest BCUT2D eigenvalue weighted by Gasteiger charge is -2.28. The molecule has 30 heavy (non-hydrogen) atoms. The number of methoxy groups -OCH3 is 1. The average Bonchev–Trinajstić information content (AvgIpc) is 3.23. The molecule has 2 aromatic rings. The molecule has 0 bridgehead atoms. The topological polar surface area (TPSA) is 54.9 Å². The minimum absolute atomic E-state index is 0.167. The van der Waals surface area contributed by atoms with Gasteiger partial charge in [0, 0.05) is 55.7 Å². The van der Waals surface area contributed by atoms with E-state index in [0.29, 0.717) is 13.1 Å². The number of carbonyl (C=O) groups excluding carboxylic acids is 1. The third kappa shape index (κ3) is 4.10. The van der Waals surface area contributed by atoms with Gasteiger partial charge in [0.05, 0.1) is 18.7 Å². The molecule has 1 aromatic heterocycles. The second-order valence-electron chi connectivity index (χ2n) is 8.85. The second kappa shape index (κ2) is 8.42. The van der Waals surface area contributed by atoms with E-state index in [1.807, 2.05) is 17.0 Å². The van der Waals surface area contributed by atoms with Crippen LogP contribution in [0.4, 0.5) is 5.82 Å². The number of pyridine rings is 1. The monoisotopic (exact) mass is 409 g/mol. The Morgan fingerprint density at radius 3 is 2.73 bits per heavy atom. The van der Waals surface area contributed by atoms with Crippen LogP contribution in [-0.4, -0.2) is 55.2 Å². The molecule has 2 aliphatic heterocycles. The van der Waals surface area contributed by atoms with E-state index >= 15 is 0 Å². The molecule has 1 amide bonds. The van der Waals surface area contributed by atoms with Gasteiger partial charge in [-0.05, 0) is 56.7 Å². The molecule has 3 heterocycles. The molecule has 3 aliphatic rings. The number of benzene rings is 1. The largest absolute Gasteiger partial charge is 0.497 e. The standard InChI is InChI=1S/C24H31N3O3/c1-29-20-9-8-18-13-19(23(25-22(18)14-20)26-10-2-3-11-26)15-27(24(28)17-6-7-17)16-21-5-4-12-30-21/h8-9,13-14,17,21H,2-7,10-12,15-16H2,1H3/t21-/m1/s1. The van der Waals surface area contributed by atoms with Crippen molar-refractivity contribution in [1.82, 2.24) is 9.88 Å². The number of anilines is 1. The van der Waals surface area contributed by atoms with Crippen LogP contribution in [-0.2, 0) is 16.1 Å². The van der Waals surface area contributed by atoms with Crippen LogP contribution in [0.3, 0.4) is 0 Å². The van der Waals surface area contributed by atoms with Gasteiger partial charge in [-0.2, -0.15) is 0 Å². The predicted molar refractivity (Wildman–Crippen MR) is 117 cm³/mol. The fourth-order valence-electron chi connectivity index (χ4n) is 4.69. The summed E-state index contributed by atoms with van der Waals surface area (Å²) < 4.78 is 11.3. The van der Waals surface area contributed by atoms with Crippen molar-refractivity contribution < 1.29 is 14.3 Å². The van der Waals surface area contributed by atoms with Crippen LogP contribution in [0.25, 0.3) is 10.9 Å². The number of rotatable bonds is 7. The van der Waals surface area contributed by atoms with Gasteiger partial charge in [0.25, 0.3) is 0 Å². The maximum atomic E-state index is 13.1. The Morgan fingerprint density at radius 1 is 1.20 bits per heavy atom. The van der Waals surface area contributed by atoms with Gasteiger partial charge < -0.3 is 19.3 Å². The summed E-state index contributed by atoms with van der Waals surface area (Å²) in [5.74, 6) is 2.33. The Hall–Kier alpha value is -2.34. The van der Waals surface area contributed by atoms with Crippen molar-refractivity contribution in [3.05, 3.63) is 29.8 Å². The lowest BCUT2D eigenvalue weighted by molar-refractivity contribution is -0.134. The average molecular weight is 410 g/mol. The smallest absolute Gasteiger partial charge is 0.226 e. The first kappa shape index (κ1) is 19.6. The molecule has 1 saturated carbocycles. The van der Waals surface area contributed by atoms with Gasteiger partial charge in [-0.15, -0.1) is 0 Å². The minimum Gasteiger partial charge on any atom is -0.497 e. The first-order valence-corrected chi connectivity index (χ1v) is 11.3. The van der Waals surface area contributed by atoms with Crippen molar-refractivity contribution in [2.75, 3.05) is 38.3 Å². The lowest BCUT2D eigenvalue weighted by Crippen LogP contribution is -2.38. The van der Waals surface area contributed by atoms with E-state index in [2.05, 4.69) is 17.0 Å². The first-order chi connectivity index (χ1) is 14.7. The van der Waals surface area contributed by atoms with Crippen LogP contribution < -0.4 is 9.64 Å². The first-order valence-electron chi connectivity index (χ1n) is 11.3. The van der Waals surface area contributed by atoms with Crippen LogP contribution in [0.2, 0.25) is 0 Å². The van der Waals surface area contributed by atoms with Crippen molar-refractivity contribution in [3.8, 4) is 5.75 Å². The van der Waals surface area contributed by atoms with E-state index in [1.165, 1.54) is 12.8 Å². The van der Waals surface area contributed by atoms with Crippen molar-refractivity contribution in [2.45, 2.75) is 51.2 Å². The van der Waals surface area contributed by atoms with Gasteiger partial charge >= 0.3 is 0 Å². The van der Waals surface area contributed by atoms with E-state index in [9.17, 15) is 4.79 Å². The zero-order valence-electron chi connectivity index (χ0n) is 17.8. The molecule has 1 aliphatic carbocycles. The van der Waals surface area contributed by atoms with Crippen molar-refractivity contribution >= 4 is 22.6 Å². The third-order valence-electron chi connectivity index (χ3n) is 6.53. The zero-order chi connectivity index (χ0) is 20.5. The highest BCUT2D eigenvalue weighted by Crippen LogP contribution is 2.34. The van der Waals surface area contributed by atoms with Gasteiger partial charge in [0.1, 0.15) is 11.6 Å². The van der Waals surface area contributed by atoms with Crippen molar-refractivity contribution in [2.24, 2.45) is 5.92 Å². The summed E-state index contributed by atoms with van der Waals surface area (Å²) in [6.07, 6.45) is 6.74. The third-order valence-corrected chi connectivity index (χ3v) is 6.53. The highest BCUT2D eigenvalue weighted by Gasteiger charge is 2.35. The Kier molecular flexibility index (Phi) is 5.50. The molecule has 0 unspecified atom stereocenters. The predicted octanol–water partition coefficient (Wildman–Crippen LogP) is 3.76. The van der Waals surface area contributed by atoms with Gasteiger partial charge in [-0.1, -0.05) is 0 Å². The molecule has 1 atom stereocenters. The summed E-state index contributed by atoms with van der Waals surface area (Å²) in [6.45, 7) is 4.16. The normalized spacial score (nSPS) is 21.4. The summed E-state index contributed by atoms with van der Waals surface area (Å²) in [5.41, 5.74) is 2.08. The Bertz CT molecular complexity index is 915. The summed E-state index contributed by atoms with van der Waals surface area (Å²) in [6, 6.07) is 8.25. The van der Waals surface area contributed by atoms with Gasteiger partial charge in [0.2, 0.25) is 5.91 Å². The molecule has 5 rings (SSSR count). The SMILES string of the molecule is COc1ccc2cc(CN(C[C@H]3CCCO3)C(=O)C3CC3)c(N3CCCC3)nc2c1. The fourth-order valence-corrected chi connectivity index (χ4v) is 4.69. The molecule has 2 saturated heterocycles. The molecule has 6 heteroatoms. The molecular formula is C24H31N3O3. The quantitative estimate of drug-likeness (QED) is 0.697. The fraction of sp³-hybridized carbons (Fsp3) is 0.583. The summed E-state index contributed by atoms with van der Waals surface area (Å²) in [4.78, 5) is 22.6. The number of nitrogens with zero attached hydrogens (tertiary/aromatic N) is 3. The van der Waals surface area contributed by atoms with Crippen LogP contribution in [0.1, 0.15) is 44.1 Å². The molecular weight excluding hydrogens is 378 g/mol. The number of carbonyl (C=O) groups is 1. The summed E-state index contributed by atoms with van der Waals surface area (Å²) in [7, 11) is 1.68. The van der Waals surface area contributed by atoms with Crippen LogP contribution in [0, 0.1) is 5.92 Å². The van der Waals surface area contributed by atoms with Gasteiger partial charge in [-0.25, -0.2) is 4.98 Å². The highest BCUT2D eigenvalue weighted by molar-refractivity contribution is 5.84. The number of amides is 1. The number of ether oxygens (including phenoxy) is 2. The van der Waals surface area contributed by atoms with E-state index in [0.717, 1.165) is 73.4 Å². The number of fused-ring (bicyclic) bond motifs is 1. The number of hydrogen-bond acceptors (Lipinski definition) is 5. The molecule has 6 nitrogen and oxygen atoms in total. The summed E-state index contributed by atoms with van der Waals surface area (Å²) >= 11 is 0. The summed E-state index contributed by atoms with van der Waals surface area (Å²) in [5, 5.41) is 1.09. The van der Waals surface area contributed by atoms with E-state index in [4.69, 9.17) is 14.5 Å². The van der Waals surface area contributed by atoms with Gasteiger partial charge in [-0.3, -0.25) is 4.79 Å². The van der Waals surface area contributed by atoms with Crippen molar-refractivity contribution in [1.29, 1.82) is 0 Å². The maximum absolute atomic E-state index is 13.1. The second-order valence-corrected chi connectivity index (χ2v) is 8.85. The highest BCUT2D eigenvalue weighted by atomic mass is 16.5. The Balaban J connectivity index is 1.49. The Labute approximate surface area is 178 Å². The lowest BCUT2D eigenvalue weighted by atomic mass is 10.1. The molecule has 3 fully saturated rings. The van der Waals surface area contributed by atoms with Crippen LogP contribution in [0.5, 0.6) is 5.75 Å². The molecule has 0 radical (unpaired) electrons. The minimum atomic E-state index is 0.167. The molecule has 1 aromatic carbocycles. The molecule has 0 spiro atoms. The van der Waals surface area contributed by atoms with Crippen molar-refractivity contribution in [3.63, 3.8) is 0 Å². The molecule has 160 valence electrons. The maximum Gasteiger partial charge on any atom is 0.226 e. The van der Waals surface area contributed by atoms with Gasteiger partial charge in [0.15, 0.2) is 0 Å².